The van der Waals surface area contributed by atoms with Crippen LogP contribution in [0.4, 0.5) is 8.78 Å². The number of aryl methyl sites for hydroxylation is 1. The second-order valence-electron chi connectivity index (χ2n) is 13.7. The van der Waals surface area contributed by atoms with Crippen LogP contribution in [-0.4, -0.2) is 48.6 Å². The lowest BCUT2D eigenvalue weighted by atomic mass is 9.73. The molecule has 2 aromatic rings. The molecule has 0 spiro atoms. The van der Waals surface area contributed by atoms with Crippen molar-refractivity contribution in [3.63, 3.8) is 0 Å². The van der Waals surface area contributed by atoms with E-state index in [4.69, 9.17) is 9.47 Å². The Hall–Kier alpha value is -3.36. The van der Waals surface area contributed by atoms with Crippen molar-refractivity contribution < 1.29 is 38.1 Å². The molecule has 2 aliphatic rings. The minimum absolute atomic E-state index is 0.00304. The molecule has 262 valence electrons. The number of hydrogen-bond donors (Lipinski definition) is 2. The number of unbranched alkanes of at least 4 members (excludes halogenated alkanes) is 2. The van der Waals surface area contributed by atoms with Gasteiger partial charge >= 0.3 is 11.9 Å². The number of carbonyl (C=O) groups excluding carboxylic acids is 2. The molecule has 0 aromatic heterocycles. The second-order valence-corrected chi connectivity index (χ2v) is 13.7. The molecule has 48 heavy (non-hydrogen) atoms. The maximum atomic E-state index is 15.6. The Labute approximate surface area is 284 Å². The Morgan fingerprint density at radius 2 is 1.25 bits per heavy atom. The van der Waals surface area contributed by atoms with Crippen LogP contribution in [0.1, 0.15) is 118 Å². The van der Waals surface area contributed by atoms with E-state index < -0.39 is 25.2 Å². The molecule has 0 saturated heterocycles. The van der Waals surface area contributed by atoms with Gasteiger partial charge in [-0.2, -0.15) is 0 Å². The van der Waals surface area contributed by atoms with Crippen molar-refractivity contribution in [3.05, 3.63) is 94.6 Å². The first-order valence-corrected chi connectivity index (χ1v) is 17.6. The smallest absolute Gasteiger partial charge is 0.335 e. The zero-order valence-corrected chi connectivity index (χ0v) is 28.4. The molecule has 2 saturated carbocycles. The molecule has 2 fully saturated rings. The fourth-order valence-corrected chi connectivity index (χ4v) is 7.39. The molecule has 2 aliphatic carbocycles. The van der Waals surface area contributed by atoms with Crippen molar-refractivity contribution in [2.75, 3.05) is 26.4 Å². The van der Waals surface area contributed by atoms with Crippen LogP contribution in [0.3, 0.4) is 0 Å². The first-order valence-electron chi connectivity index (χ1n) is 17.6. The van der Waals surface area contributed by atoms with Crippen LogP contribution >= 0.6 is 0 Å². The van der Waals surface area contributed by atoms with Crippen LogP contribution in [-0.2, 0) is 25.5 Å². The molecule has 8 heteroatoms. The van der Waals surface area contributed by atoms with E-state index in [1.54, 1.807) is 12.1 Å². The van der Waals surface area contributed by atoms with Crippen molar-refractivity contribution in [2.24, 2.45) is 11.8 Å². The molecule has 0 unspecified atom stereocenters. The van der Waals surface area contributed by atoms with Gasteiger partial charge < -0.3 is 19.7 Å². The number of esters is 2. The molecular weight excluding hydrogens is 614 g/mol. The Balaban J connectivity index is 1.31. The van der Waals surface area contributed by atoms with Crippen LogP contribution in [0, 0.1) is 23.5 Å². The lowest BCUT2D eigenvalue weighted by Crippen LogP contribution is -2.31. The molecule has 2 N–H and O–H groups in total. The largest absolute Gasteiger partial charge is 0.462 e. The third kappa shape index (κ3) is 10.1. The van der Waals surface area contributed by atoms with Gasteiger partial charge in [-0.15, -0.1) is 0 Å². The molecule has 4 rings (SSSR count). The van der Waals surface area contributed by atoms with E-state index in [0.717, 1.165) is 99.3 Å². The molecule has 0 atom stereocenters. The topological polar surface area (TPSA) is 93.1 Å². The predicted molar refractivity (Wildman–Crippen MR) is 183 cm³/mol. The van der Waals surface area contributed by atoms with Crippen LogP contribution in [0.15, 0.2) is 60.7 Å². The second kappa shape index (κ2) is 18.4. The van der Waals surface area contributed by atoms with Crippen LogP contribution < -0.4 is 0 Å². The monoisotopic (exact) mass is 666 g/mol. The van der Waals surface area contributed by atoms with E-state index in [1.165, 1.54) is 0 Å². The molecular formula is C40H52F2O6. The van der Waals surface area contributed by atoms with Gasteiger partial charge in [0.15, 0.2) is 0 Å². The van der Waals surface area contributed by atoms with Gasteiger partial charge in [-0.05, 0) is 122 Å². The van der Waals surface area contributed by atoms with Crippen LogP contribution in [0.5, 0.6) is 0 Å². The molecule has 0 aliphatic heterocycles. The Bertz CT molecular complexity index is 1370. The first kappa shape index (κ1) is 37.5. The highest BCUT2D eigenvalue weighted by atomic mass is 19.1. The van der Waals surface area contributed by atoms with Gasteiger partial charge in [0.2, 0.25) is 0 Å². The summed E-state index contributed by atoms with van der Waals surface area (Å²) in [5.41, 5.74) is 3.49. The highest BCUT2D eigenvalue weighted by Gasteiger charge is 2.32. The fraction of sp³-hybridized carbons (Fsp3) is 0.550. The summed E-state index contributed by atoms with van der Waals surface area (Å²) in [7, 11) is 0. The van der Waals surface area contributed by atoms with Crippen LogP contribution in [0.2, 0.25) is 0 Å². The summed E-state index contributed by atoms with van der Waals surface area (Å²) >= 11 is 0. The molecule has 0 radical (unpaired) electrons. The quantitative estimate of drug-likeness (QED) is 0.107. The maximum absolute atomic E-state index is 15.6. The third-order valence-electron chi connectivity index (χ3n) is 10.5. The van der Waals surface area contributed by atoms with Crippen molar-refractivity contribution in [2.45, 2.75) is 102 Å². The van der Waals surface area contributed by atoms with Crippen molar-refractivity contribution in [1.82, 2.24) is 0 Å². The molecule has 0 amide bonds. The van der Waals surface area contributed by atoms with Crippen molar-refractivity contribution >= 4 is 11.9 Å². The van der Waals surface area contributed by atoms with Gasteiger partial charge in [0.25, 0.3) is 0 Å². The van der Waals surface area contributed by atoms with Gasteiger partial charge in [0, 0.05) is 5.92 Å². The molecule has 6 nitrogen and oxygen atoms in total. The summed E-state index contributed by atoms with van der Waals surface area (Å²) in [4.78, 5) is 24.2. The summed E-state index contributed by atoms with van der Waals surface area (Å²) in [6, 6.07) is 11.5. The highest BCUT2D eigenvalue weighted by molar-refractivity contribution is 5.88. The number of halogens is 2. The normalized spacial score (nSPS) is 21.1. The van der Waals surface area contributed by atoms with Crippen molar-refractivity contribution in [1.29, 1.82) is 0 Å². The van der Waals surface area contributed by atoms with Gasteiger partial charge in [0.05, 0.1) is 37.6 Å². The van der Waals surface area contributed by atoms with Gasteiger partial charge in [0.1, 0.15) is 11.6 Å². The van der Waals surface area contributed by atoms with E-state index in [-0.39, 0.29) is 59.7 Å². The van der Waals surface area contributed by atoms with Gasteiger partial charge in [-0.3, -0.25) is 0 Å². The van der Waals surface area contributed by atoms with Gasteiger partial charge in [-0.25, -0.2) is 18.4 Å². The predicted octanol–water partition coefficient (Wildman–Crippen LogP) is 8.21. The average molecular weight is 667 g/mol. The number of rotatable bonds is 16. The van der Waals surface area contributed by atoms with E-state index in [2.05, 4.69) is 32.2 Å². The number of carbonyl (C=O) groups is 2. The summed E-state index contributed by atoms with van der Waals surface area (Å²) in [6.45, 7) is 8.12. The fourth-order valence-electron chi connectivity index (χ4n) is 7.39. The number of aliphatic hydroxyl groups excluding tert-OH is 2. The van der Waals surface area contributed by atoms with Crippen molar-refractivity contribution in [3.8, 4) is 0 Å². The minimum Gasteiger partial charge on any atom is -0.462 e. The third-order valence-corrected chi connectivity index (χ3v) is 10.5. The van der Waals surface area contributed by atoms with E-state index in [9.17, 15) is 24.2 Å². The molecule has 0 bridgehead atoms. The average Bonchev–Trinajstić information content (AvgIpc) is 3.11. The summed E-state index contributed by atoms with van der Waals surface area (Å²) in [6.07, 6.45) is 10.8. The SMILES string of the molecule is C=C(CO)C(=O)OCC(COC(=O)C(=C)CO)C1CCC(c2ccc(C3CCC(c4ccc(CCCCC)c(F)c4)CC3)c(F)c2)CC1. The minimum atomic E-state index is -0.702. The zero-order chi connectivity index (χ0) is 34.6. The highest BCUT2D eigenvalue weighted by Crippen LogP contribution is 2.43. The van der Waals surface area contributed by atoms with E-state index >= 15 is 4.39 Å². The number of hydrogen-bond acceptors (Lipinski definition) is 6. The standard InChI is InChI=1S/C40H52F2O6/c1-4-5-6-7-32-16-17-33(20-37(32)41)29-12-14-31(15-13-29)36-19-18-34(21-38(36)42)28-8-10-30(11-9-28)35(24-47-39(45)26(2)22-43)25-48-40(46)27(3)23-44/h16-21,28-31,35,43-44H,2-15,22-25H2,1H3. The summed E-state index contributed by atoms with van der Waals surface area (Å²) < 4.78 is 41.1. The molecule has 0 heterocycles. The van der Waals surface area contributed by atoms with E-state index in [1.807, 2.05) is 12.1 Å². The van der Waals surface area contributed by atoms with Crippen LogP contribution in [0.25, 0.3) is 0 Å². The Kier molecular flexibility index (Phi) is 14.4. The number of aliphatic hydroxyl groups is 2. The number of ether oxygens (including phenoxy) is 2. The lowest BCUT2D eigenvalue weighted by Gasteiger charge is -2.34. The Morgan fingerprint density at radius 1 is 0.750 bits per heavy atom. The lowest BCUT2D eigenvalue weighted by molar-refractivity contribution is -0.146. The number of benzene rings is 2. The van der Waals surface area contributed by atoms with E-state index in [0.29, 0.717) is 5.92 Å². The summed E-state index contributed by atoms with van der Waals surface area (Å²) in [5, 5.41) is 18.4. The van der Waals surface area contributed by atoms with Gasteiger partial charge in [-0.1, -0.05) is 57.2 Å². The molecule has 2 aromatic carbocycles. The maximum Gasteiger partial charge on any atom is 0.335 e. The summed E-state index contributed by atoms with van der Waals surface area (Å²) in [5.74, 6) is -1.21. The zero-order valence-electron chi connectivity index (χ0n) is 28.4. The Morgan fingerprint density at radius 3 is 1.75 bits per heavy atom. The first-order chi connectivity index (χ1) is 23.1.